The monoisotopic (exact) mass is 490 g/mol. The number of hydrogen-bond acceptors (Lipinski definition) is 4. The van der Waals surface area contributed by atoms with Crippen molar-refractivity contribution in [2.24, 2.45) is 0 Å². The van der Waals surface area contributed by atoms with Crippen molar-refractivity contribution in [1.82, 2.24) is 20.0 Å². The second-order valence-corrected chi connectivity index (χ2v) is 9.35. The normalized spacial score (nSPS) is 11.8. The molecule has 0 aliphatic heterocycles. The standard InChI is InChI=1S/C21H17BrCl2N4O/c1-21(2,3)20-26-25-19(29-20)16-11-18(12-4-6-13(22)7-5-12)28(27-16)17-9-8-14(23)10-15(17)24/h4-11H,1-3H3. The van der Waals surface area contributed by atoms with Gasteiger partial charge >= 0.3 is 0 Å². The van der Waals surface area contributed by atoms with Gasteiger partial charge in [0, 0.05) is 20.5 Å². The van der Waals surface area contributed by atoms with Gasteiger partial charge in [0.05, 0.1) is 16.4 Å². The fourth-order valence-corrected chi connectivity index (χ4v) is 3.53. The maximum Gasteiger partial charge on any atom is 0.268 e. The van der Waals surface area contributed by atoms with Gasteiger partial charge in [-0.2, -0.15) is 5.10 Å². The second kappa shape index (κ2) is 7.59. The van der Waals surface area contributed by atoms with Crippen LogP contribution in [0.3, 0.4) is 0 Å². The lowest BCUT2D eigenvalue weighted by Crippen LogP contribution is -2.11. The SMILES string of the molecule is CC(C)(C)c1nnc(-c2cc(-c3ccc(Br)cc3)n(-c3ccc(Cl)cc3Cl)n2)o1. The van der Waals surface area contributed by atoms with Gasteiger partial charge in [-0.05, 0) is 36.4 Å². The van der Waals surface area contributed by atoms with E-state index in [1.54, 1.807) is 16.8 Å². The lowest BCUT2D eigenvalue weighted by Gasteiger charge is -2.10. The number of aromatic nitrogens is 4. The maximum atomic E-state index is 6.46. The largest absolute Gasteiger partial charge is 0.419 e. The summed E-state index contributed by atoms with van der Waals surface area (Å²) in [6, 6.07) is 15.2. The van der Waals surface area contributed by atoms with Crippen molar-refractivity contribution < 1.29 is 4.42 Å². The van der Waals surface area contributed by atoms with E-state index < -0.39 is 0 Å². The van der Waals surface area contributed by atoms with Crippen molar-refractivity contribution in [2.75, 3.05) is 0 Å². The van der Waals surface area contributed by atoms with Crippen molar-refractivity contribution in [3.63, 3.8) is 0 Å². The number of halogens is 3. The van der Waals surface area contributed by atoms with Crippen molar-refractivity contribution >= 4 is 39.1 Å². The van der Waals surface area contributed by atoms with Crippen LogP contribution in [0.4, 0.5) is 0 Å². The van der Waals surface area contributed by atoms with Gasteiger partial charge in [-0.15, -0.1) is 10.2 Å². The van der Waals surface area contributed by atoms with Crippen molar-refractivity contribution in [2.45, 2.75) is 26.2 Å². The zero-order chi connectivity index (χ0) is 20.8. The molecule has 5 nitrogen and oxygen atoms in total. The Labute approximate surface area is 186 Å². The van der Waals surface area contributed by atoms with E-state index in [0.717, 1.165) is 15.7 Å². The summed E-state index contributed by atoms with van der Waals surface area (Å²) < 4.78 is 8.63. The molecule has 0 radical (unpaired) electrons. The van der Waals surface area contributed by atoms with Gasteiger partial charge < -0.3 is 4.42 Å². The van der Waals surface area contributed by atoms with Crippen LogP contribution in [0.1, 0.15) is 26.7 Å². The molecule has 2 aromatic carbocycles. The summed E-state index contributed by atoms with van der Waals surface area (Å²) in [5, 5.41) is 14.1. The van der Waals surface area contributed by atoms with Crippen LogP contribution in [0.5, 0.6) is 0 Å². The molecule has 0 fully saturated rings. The molecule has 0 saturated carbocycles. The highest BCUT2D eigenvalue weighted by atomic mass is 79.9. The summed E-state index contributed by atoms with van der Waals surface area (Å²) in [7, 11) is 0. The van der Waals surface area contributed by atoms with Crippen LogP contribution in [0.2, 0.25) is 10.0 Å². The molecule has 29 heavy (non-hydrogen) atoms. The molecule has 0 spiro atoms. The third-order valence-electron chi connectivity index (χ3n) is 4.27. The van der Waals surface area contributed by atoms with E-state index in [2.05, 4.69) is 26.1 Å². The molecule has 2 aromatic heterocycles. The van der Waals surface area contributed by atoms with Gasteiger partial charge in [-0.3, -0.25) is 0 Å². The molecule has 0 aliphatic carbocycles. The van der Waals surface area contributed by atoms with Crippen LogP contribution < -0.4 is 0 Å². The highest BCUT2D eigenvalue weighted by molar-refractivity contribution is 9.10. The highest BCUT2D eigenvalue weighted by Gasteiger charge is 2.24. The molecular formula is C21H17BrCl2N4O. The molecule has 0 bridgehead atoms. The second-order valence-electron chi connectivity index (χ2n) is 7.59. The predicted molar refractivity (Wildman–Crippen MR) is 119 cm³/mol. The average Bonchev–Trinajstić information content (AvgIpc) is 3.29. The first-order chi connectivity index (χ1) is 13.7. The van der Waals surface area contributed by atoms with Crippen LogP contribution in [0.15, 0.2) is 57.4 Å². The van der Waals surface area contributed by atoms with Crippen molar-refractivity contribution in [3.05, 3.63) is 68.9 Å². The molecule has 0 saturated heterocycles. The summed E-state index contributed by atoms with van der Waals surface area (Å²) in [6.07, 6.45) is 0. The fourth-order valence-electron chi connectivity index (χ4n) is 2.78. The fraction of sp³-hybridized carbons (Fsp3) is 0.190. The van der Waals surface area contributed by atoms with E-state index >= 15 is 0 Å². The van der Waals surface area contributed by atoms with E-state index in [0.29, 0.717) is 33.2 Å². The molecule has 2 heterocycles. The van der Waals surface area contributed by atoms with E-state index in [4.69, 9.17) is 32.7 Å². The molecule has 0 atom stereocenters. The van der Waals surface area contributed by atoms with E-state index in [-0.39, 0.29) is 5.41 Å². The van der Waals surface area contributed by atoms with Crippen LogP contribution in [-0.2, 0) is 5.41 Å². The van der Waals surface area contributed by atoms with Gasteiger partial charge in [-0.25, -0.2) is 4.68 Å². The Balaban J connectivity index is 1.89. The maximum absolute atomic E-state index is 6.46. The summed E-state index contributed by atoms with van der Waals surface area (Å²) >= 11 is 16.0. The molecule has 0 amide bonds. The Morgan fingerprint density at radius 1 is 0.966 bits per heavy atom. The summed E-state index contributed by atoms with van der Waals surface area (Å²) in [5.74, 6) is 0.911. The van der Waals surface area contributed by atoms with E-state index in [9.17, 15) is 0 Å². The quantitative estimate of drug-likeness (QED) is 0.311. The highest BCUT2D eigenvalue weighted by Crippen LogP contribution is 2.33. The Morgan fingerprint density at radius 2 is 1.69 bits per heavy atom. The molecule has 4 aromatic rings. The van der Waals surface area contributed by atoms with Crippen LogP contribution in [0, 0.1) is 0 Å². The first kappa shape index (κ1) is 20.1. The summed E-state index contributed by atoms with van der Waals surface area (Å²) in [6.45, 7) is 6.05. The first-order valence-corrected chi connectivity index (χ1v) is 10.4. The minimum Gasteiger partial charge on any atom is -0.419 e. The topological polar surface area (TPSA) is 56.7 Å². The summed E-state index contributed by atoms with van der Waals surface area (Å²) in [5.41, 5.74) is 2.83. The molecule has 4 rings (SSSR count). The van der Waals surface area contributed by atoms with Gasteiger partial charge in [0.25, 0.3) is 5.89 Å². The van der Waals surface area contributed by atoms with Crippen molar-refractivity contribution in [3.8, 4) is 28.5 Å². The average molecular weight is 492 g/mol. The van der Waals surface area contributed by atoms with Gasteiger partial charge in [0.1, 0.15) is 0 Å². The first-order valence-electron chi connectivity index (χ1n) is 8.88. The minimum absolute atomic E-state index is 0.248. The van der Waals surface area contributed by atoms with Gasteiger partial charge in [0.2, 0.25) is 5.89 Å². The van der Waals surface area contributed by atoms with Gasteiger partial charge in [0.15, 0.2) is 5.69 Å². The number of benzene rings is 2. The molecule has 0 N–H and O–H groups in total. The van der Waals surface area contributed by atoms with Crippen LogP contribution >= 0.6 is 39.1 Å². The van der Waals surface area contributed by atoms with E-state index in [1.165, 1.54) is 0 Å². The molecule has 0 aliphatic rings. The third-order valence-corrected chi connectivity index (χ3v) is 5.34. The van der Waals surface area contributed by atoms with Crippen LogP contribution in [0.25, 0.3) is 28.5 Å². The lowest BCUT2D eigenvalue weighted by molar-refractivity contribution is 0.398. The number of nitrogens with zero attached hydrogens (tertiary/aromatic N) is 4. The number of hydrogen-bond donors (Lipinski definition) is 0. The third kappa shape index (κ3) is 4.10. The smallest absolute Gasteiger partial charge is 0.268 e. The molecule has 148 valence electrons. The molecule has 8 heteroatoms. The Hall–Kier alpha value is -2.15. The molecular weight excluding hydrogens is 475 g/mol. The zero-order valence-electron chi connectivity index (χ0n) is 15.9. The van der Waals surface area contributed by atoms with Crippen molar-refractivity contribution in [1.29, 1.82) is 0 Å². The zero-order valence-corrected chi connectivity index (χ0v) is 19.0. The van der Waals surface area contributed by atoms with Gasteiger partial charge in [-0.1, -0.05) is 72.0 Å². The Morgan fingerprint density at radius 3 is 2.31 bits per heavy atom. The number of rotatable bonds is 3. The van der Waals surface area contributed by atoms with E-state index in [1.807, 2.05) is 57.2 Å². The Kier molecular flexibility index (Phi) is 5.27. The van der Waals surface area contributed by atoms with Crippen LogP contribution in [-0.4, -0.2) is 20.0 Å². The predicted octanol–water partition coefficient (Wildman–Crippen LogP) is 6.96. The molecule has 0 unspecified atom stereocenters. The lowest BCUT2D eigenvalue weighted by atomic mass is 9.97. The Bertz CT molecular complexity index is 1180. The minimum atomic E-state index is -0.248. The summed E-state index contributed by atoms with van der Waals surface area (Å²) in [4.78, 5) is 0.